The first kappa shape index (κ1) is 16.1. The summed E-state index contributed by atoms with van der Waals surface area (Å²) in [5.41, 5.74) is 0.192. The maximum atomic E-state index is 12.0. The molecule has 2 heterocycles. The van der Waals surface area contributed by atoms with E-state index in [1.807, 2.05) is 4.90 Å². The van der Waals surface area contributed by atoms with Crippen LogP contribution in [0.15, 0.2) is 11.0 Å². The van der Waals surface area contributed by atoms with Gasteiger partial charge in [0.1, 0.15) is 11.1 Å². The van der Waals surface area contributed by atoms with Crippen molar-refractivity contribution in [3.8, 4) is 0 Å². The summed E-state index contributed by atoms with van der Waals surface area (Å²) in [4.78, 5) is 25.5. The second kappa shape index (κ2) is 7.21. The minimum absolute atomic E-state index is 0.0126. The van der Waals surface area contributed by atoms with Crippen molar-refractivity contribution < 1.29 is 9.53 Å². The summed E-state index contributed by atoms with van der Waals surface area (Å²) in [7, 11) is 0. The molecule has 1 atom stereocenters. The number of rotatable bonds is 3. The number of hydrogen-bond acceptors (Lipinski definition) is 5. The van der Waals surface area contributed by atoms with Crippen molar-refractivity contribution in [3.05, 3.63) is 21.6 Å². The number of alkyl carbamates (subject to hydrolysis) is 1. The van der Waals surface area contributed by atoms with Crippen LogP contribution in [0.5, 0.6) is 0 Å². The molecule has 0 spiro atoms. The van der Waals surface area contributed by atoms with E-state index in [4.69, 9.17) is 16.3 Å². The molecule has 8 heteroatoms. The van der Waals surface area contributed by atoms with Gasteiger partial charge in [0.05, 0.1) is 17.9 Å². The van der Waals surface area contributed by atoms with Crippen LogP contribution in [0.4, 0.5) is 10.5 Å². The van der Waals surface area contributed by atoms with E-state index >= 15 is 0 Å². The molecule has 0 unspecified atom stereocenters. The summed E-state index contributed by atoms with van der Waals surface area (Å²) < 4.78 is 5.48. The number of carbonyl (C=O) groups is 1. The quantitative estimate of drug-likeness (QED) is 0.879. The molecule has 1 saturated carbocycles. The lowest BCUT2D eigenvalue weighted by Crippen LogP contribution is -2.39. The maximum Gasteiger partial charge on any atom is 0.407 e. The van der Waals surface area contributed by atoms with E-state index in [1.165, 1.54) is 12.6 Å². The second-order valence-corrected chi connectivity index (χ2v) is 6.52. The summed E-state index contributed by atoms with van der Waals surface area (Å²) in [6.07, 6.45) is 7.41. The van der Waals surface area contributed by atoms with E-state index in [0.717, 1.165) is 32.1 Å². The SMILES string of the molecule is O=C(N[C@@H]1CCN(c2cn[nH]c(=O)c2Cl)C1)OC1CCCCC1. The van der Waals surface area contributed by atoms with Crippen LogP contribution in [0.3, 0.4) is 0 Å². The highest BCUT2D eigenvalue weighted by Gasteiger charge is 2.27. The Morgan fingerprint density at radius 2 is 2.13 bits per heavy atom. The minimum atomic E-state index is -0.405. The number of hydrogen-bond donors (Lipinski definition) is 2. The van der Waals surface area contributed by atoms with Crippen molar-refractivity contribution in [2.75, 3.05) is 18.0 Å². The number of nitrogens with one attached hydrogen (secondary N) is 2. The second-order valence-electron chi connectivity index (χ2n) is 6.14. The highest BCUT2D eigenvalue weighted by atomic mass is 35.5. The lowest BCUT2D eigenvalue weighted by atomic mass is 9.98. The van der Waals surface area contributed by atoms with E-state index in [1.54, 1.807) is 0 Å². The van der Waals surface area contributed by atoms with Crippen LogP contribution in [0, 0.1) is 0 Å². The van der Waals surface area contributed by atoms with Crippen LogP contribution in [0.1, 0.15) is 38.5 Å². The number of amides is 1. The van der Waals surface area contributed by atoms with Gasteiger partial charge in [-0.05, 0) is 32.1 Å². The van der Waals surface area contributed by atoms with Gasteiger partial charge in [-0.2, -0.15) is 5.10 Å². The van der Waals surface area contributed by atoms with Crippen molar-refractivity contribution in [3.63, 3.8) is 0 Å². The molecule has 2 N–H and O–H groups in total. The van der Waals surface area contributed by atoms with Crippen LogP contribution in [-0.2, 0) is 4.74 Å². The zero-order chi connectivity index (χ0) is 16.2. The number of aromatic amines is 1. The highest BCUT2D eigenvalue weighted by molar-refractivity contribution is 6.33. The Morgan fingerprint density at radius 1 is 1.35 bits per heavy atom. The fraction of sp³-hybridized carbons (Fsp3) is 0.667. The monoisotopic (exact) mass is 340 g/mol. The van der Waals surface area contributed by atoms with Gasteiger partial charge in [0, 0.05) is 13.1 Å². The number of nitrogens with zero attached hydrogens (tertiary/aromatic N) is 2. The van der Waals surface area contributed by atoms with Gasteiger partial charge in [-0.15, -0.1) is 0 Å². The Balaban J connectivity index is 1.52. The van der Waals surface area contributed by atoms with Gasteiger partial charge < -0.3 is 15.0 Å². The Labute approximate surface area is 139 Å². The number of aromatic nitrogens is 2. The molecule has 1 saturated heterocycles. The standard InChI is InChI=1S/C15H21ClN4O3/c16-13-12(8-17-19-14(13)21)20-7-6-10(9-20)18-15(22)23-11-4-2-1-3-5-11/h8,10-11H,1-7,9H2,(H,18,22)(H,19,21)/t10-/m1/s1. The third kappa shape index (κ3) is 3.96. The molecule has 1 aliphatic heterocycles. The van der Waals surface area contributed by atoms with Crippen molar-refractivity contribution in [2.24, 2.45) is 0 Å². The largest absolute Gasteiger partial charge is 0.446 e. The van der Waals surface area contributed by atoms with Crippen LogP contribution in [0.25, 0.3) is 0 Å². The molecule has 0 bridgehead atoms. The first-order valence-electron chi connectivity index (χ1n) is 8.09. The van der Waals surface area contributed by atoms with E-state index in [9.17, 15) is 9.59 Å². The average molecular weight is 341 g/mol. The lowest BCUT2D eigenvalue weighted by molar-refractivity contribution is 0.0734. The summed E-state index contributed by atoms with van der Waals surface area (Å²) in [6.45, 7) is 1.30. The van der Waals surface area contributed by atoms with Crippen molar-refractivity contribution in [1.29, 1.82) is 0 Å². The first-order valence-corrected chi connectivity index (χ1v) is 8.46. The number of anilines is 1. The maximum absolute atomic E-state index is 12.0. The number of ether oxygens (including phenoxy) is 1. The molecule has 2 fully saturated rings. The van der Waals surface area contributed by atoms with Gasteiger partial charge >= 0.3 is 6.09 Å². The zero-order valence-corrected chi connectivity index (χ0v) is 13.6. The Hall–Kier alpha value is -1.76. The smallest absolute Gasteiger partial charge is 0.407 e. The third-order valence-corrected chi connectivity index (χ3v) is 4.82. The summed E-state index contributed by atoms with van der Waals surface area (Å²) >= 11 is 6.02. The highest BCUT2D eigenvalue weighted by Crippen LogP contribution is 2.25. The van der Waals surface area contributed by atoms with E-state index in [2.05, 4.69) is 15.5 Å². The van der Waals surface area contributed by atoms with Crippen molar-refractivity contribution in [2.45, 2.75) is 50.7 Å². The summed E-state index contributed by atoms with van der Waals surface area (Å²) in [5.74, 6) is 0. The van der Waals surface area contributed by atoms with Crippen LogP contribution < -0.4 is 15.8 Å². The molecule has 0 aromatic carbocycles. The summed E-state index contributed by atoms with van der Waals surface area (Å²) in [6, 6.07) is -0.0126. The van der Waals surface area contributed by atoms with E-state index < -0.39 is 5.56 Å². The topological polar surface area (TPSA) is 87.3 Å². The number of H-pyrrole nitrogens is 1. The molecule has 1 aromatic rings. The third-order valence-electron chi connectivity index (χ3n) is 4.45. The molecule has 1 aliphatic carbocycles. The minimum Gasteiger partial charge on any atom is -0.446 e. The fourth-order valence-electron chi connectivity index (χ4n) is 3.23. The van der Waals surface area contributed by atoms with Gasteiger partial charge in [0.25, 0.3) is 5.56 Å². The van der Waals surface area contributed by atoms with E-state index in [0.29, 0.717) is 18.8 Å². The molecule has 1 amide bonds. The van der Waals surface area contributed by atoms with Gasteiger partial charge in [0.15, 0.2) is 0 Å². The lowest BCUT2D eigenvalue weighted by Gasteiger charge is -2.23. The molecule has 0 radical (unpaired) electrons. The van der Waals surface area contributed by atoms with Crippen molar-refractivity contribution >= 4 is 23.4 Å². The van der Waals surface area contributed by atoms with Gasteiger partial charge in [-0.3, -0.25) is 4.79 Å². The molecule has 7 nitrogen and oxygen atoms in total. The Morgan fingerprint density at radius 3 is 2.91 bits per heavy atom. The molecular weight excluding hydrogens is 320 g/mol. The van der Waals surface area contributed by atoms with Crippen LogP contribution >= 0.6 is 11.6 Å². The van der Waals surface area contributed by atoms with Crippen LogP contribution in [-0.4, -0.2) is 41.5 Å². The molecule has 1 aromatic heterocycles. The predicted octanol–water partition coefficient (Wildman–Crippen LogP) is 2.06. The predicted molar refractivity (Wildman–Crippen MR) is 87.0 cm³/mol. The Kier molecular flexibility index (Phi) is 5.05. The van der Waals surface area contributed by atoms with Gasteiger partial charge in [-0.25, -0.2) is 9.89 Å². The molecule has 2 aliphatic rings. The molecule has 3 rings (SSSR count). The number of halogens is 1. The zero-order valence-electron chi connectivity index (χ0n) is 12.9. The normalized spacial score (nSPS) is 22.1. The van der Waals surface area contributed by atoms with E-state index in [-0.39, 0.29) is 23.3 Å². The van der Waals surface area contributed by atoms with Gasteiger partial charge in [-0.1, -0.05) is 18.0 Å². The van der Waals surface area contributed by atoms with Crippen LogP contribution in [0.2, 0.25) is 5.02 Å². The Bertz CT molecular complexity index is 615. The average Bonchev–Trinajstić information content (AvgIpc) is 2.99. The molecule has 126 valence electrons. The van der Waals surface area contributed by atoms with Gasteiger partial charge in [0.2, 0.25) is 0 Å². The summed E-state index contributed by atoms with van der Waals surface area (Å²) in [5, 5.41) is 9.11. The first-order chi connectivity index (χ1) is 11.1. The molecular formula is C15H21ClN4O3. The number of carbonyl (C=O) groups excluding carboxylic acids is 1. The fourth-order valence-corrected chi connectivity index (χ4v) is 3.44. The van der Waals surface area contributed by atoms with Crippen molar-refractivity contribution in [1.82, 2.24) is 15.5 Å². The molecule has 23 heavy (non-hydrogen) atoms.